The predicted molar refractivity (Wildman–Crippen MR) is 108 cm³/mol. The van der Waals surface area contributed by atoms with Crippen LogP contribution in [-0.2, 0) is 4.74 Å². The molecule has 2 unspecified atom stereocenters. The highest BCUT2D eigenvalue weighted by Gasteiger charge is 2.58. The van der Waals surface area contributed by atoms with Crippen molar-refractivity contribution in [2.24, 2.45) is 10.4 Å². The minimum Gasteiger partial charge on any atom is -0.493 e. The molecule has 1 aliphatic rings. The number of rotatable bonds is 7. The van der Waals surface area contributed by atoms with Crippen molar-refractivity contribution in [1.82, 2.24) is 5.32 Å². The third-order valence-electron chi connectivity index (χ3n) is 5.83. The van der Waals surface area contributed by atoms with Crippen LogP contribution in [0.1, 0.15) is 34.1 Å². The van der Waals surface area contributed by atoms with Gasteiger partial charge in [0.15, 0.2) is 17.5 Å². The molecule has 2 atom stereocenters. The number of anilines is 1. The van der Waals surface area contributed by atoms with E-state index in [-0.39, 0.29) is 17.1 Å². The Labute approximate surface area is 162 Å². The first-order chi connectivity index (χ1) is 12.8. The molecule has 0 aliphatic heterocycles. The van der Waals surface area contributed by atoms with Crippen molar-refractivity contribution in [3.8, 4) is 17.2 Å². The smallest absolute Gasteiger partial charge is 0.203 e. The lowest BCUT2D eigenvalue weighted by Gasteiger charge is -2.59. The van der Waals surface area contributed by atoms with E-state index < -0.39 is 0 Å². The van der Waals surface area contributed by atoms with Crippen molar-refractivity contribution in [2.45, 2.75) is 45.8 Å². The highest BCUT2D eigenvalue weighted by Crippen LogP contribution is 2.51. The van der Waals surface area contributed by atoms with Crippen molar-refractivity contribution in [3.63, 3.8) is 0 Å². The molecule has 1 aromatic rings. The fraction of sp³-hybridized carbons (Fsp3) is 0.650. The number of benzene rings is 1. The molecule has 0 aromatic heterocycles. The van der Waals surface area contributed by atoms with Crippen LogP contribution in [0.15, 0.2) is 17.1 Å². The van der Waals surface area contributed by atoms with Crippen LogP contribution in [0.4, 0.5) is 5.69 Å². The zero-order valence-corrected chi connectivity index (χ0v) is 17.7. The summed E-state index contributed by atoms with van der Waals surface area (Å²) in [4.78, 5) is 4.57. The molecule has 1 aliphatic carbocycles. The normalized spacial score (nSPS) is 24.0. The Morgan fingerprint density at radius 2 is 1.67 bits per heavy atom. The van der Waals surface area contributed by atoms with Gasteiger partial charge in [-0.1, -0.05) is 13.8 Å². The molecule has 0 bridgehead atoms. The third kappa shape index (κ3) is 3.93. The minimum absolute atomic E-state index is 0.0206. The number of methoxy groups -OCH3 is 4. The van der Waals surface area contributed by atoms with Gasteiger partial charge in [-0.2, -0.15) is 0 Å². The summed E-state index contributed by atoms with van der Waals surface area (Å²) in [6.45, 7) is 9.23. The largest absolute Gasteiger partial charge is 0.493 e. The molecule has 27 heavy (non-hydrogen) atoms. The van der Waals surface area contributed by atoms with Gasteiger partial charge >= 0.3 is 0 Å². The summed E-state index contributed by atoms with van der Waals surface area (Å²) in [5, 5.41) is 6.88. The van der Waals surface area contributed by atoms with E-state index in [9.17, 15) is 0 Å². The molecule has 0 saturated heterocycles. The Morgan fingerprint density at radius 1 is 1.07 bits per heavy atom. The van der Waals surface area contributed by atoms with Gasteiger partial charge in [-0.15, -0.1) is 0 Å². The topological polar surface area (TPSA) is 73.3 Å². The van der Waals surface area contributed by atoms with Crippen LogP contribution in [0.5, 0.6) is 17.2 Å². The van der Waals surface area contributed by atoms with Gasteiger partial charge in [0, 0.05) is 42.9 Å². The van der Waals surface area contributed by atoms with Crippen LogP contribution in [0, 0.1) is 5.41 Å². The molecule has 0 heterocycles. The van der Waals surface area contributed by atoms with Gasteiger partial charge in [-0.3, -0.25) is 4.99 Å². The Bertz CT molecular complexity index is 665. The zero-order valence-electron chi connectivity index (χ0n) is 17.7. The van der Waals surface area contributed by atoms with Crippen LogP contribution < -0.4 is 24.8 Å². The average Bonchev–Trinajstić information content (AvgIpc) is 2.66. The first-order valence-electron chi connectivity index (χ1n) is 9.19. The van der Waals surface area contributed by atoms with E-state index in [0.29, 0.717) is 29.8 Å². The van der Waals surface area contributed by atoms with Gasteiger partial charge in [-0.25, -0.2) is 0 Å². The van der Waals surface area contributed by atoms with Crippen LogP contribution in [0.25, 0.3) is 0 Å². The van der Waals surface area contributed by atoms with E-state index in [4.69, 9.17) is 18.9 Å². The Hall–Kier alpha value is -2.15. The molecule has 7 heteroatoms. The second-order valence-corrected chi connectivity index (χ2v) is 7.42. The summed E-state index contributed by atoms with van der Waals surface area (Å²) in [7, 11) is 6.56. The highest BCUT2D eigenvalue weighted by atomic mass is 16.5. The number of ether oxygens (including phenoxy) is 4. The molecule has 1 fully saturated rings. The quantitative estimate of drug-likeness (QED) is 0.559. The maximum Gasteiger partial charge on any atom is 0.203 e. The Kier molecular flexibility index (Phi) is 6.46. The van der Waals surface area contributed by atoms with Crippen molar-refractivity contribution in [3.05, 3.63) is 12.1 Å². The van der Waals surface area contributed by atoms with Crippen LogP contribution in [0.3, 0.4) is 0 Å². The molecule has 0 spiro atoms. The van der Waals surface area contributed by atoms with Crippen molar-refractivity contribution >= 4 is 11.6 Å². The third-order valence-corrected chi connectivity index (χ3v) is 5.83. The molecular weight excluding hydrogens is 346 g/mol. The van der Waals surface area contributed by atoms with Crippen molar-refractivity contribution in [1.29, 1.82) is 0 Å². The van der Waals surface area contributed by atoms with Gasteiger partial charge in [0.2, 0.25) is 5.75 Å². The summed E-state index contributed by atoms with van der Waals surface area (Å²) in [6.07, 6.45) is 0.913. The lowest BCUT2D eigenvalue weighted by atomic mass is 9.56. The highest BCUT2D eigenvalue weighted by molar-refractivity contribution is 5.94. The molecule has 2 N–H and O–H groups in total. The number of guanidine groups is 1. The first kappa shape index (κ1) is 21.2. The van der Waals surface area contributed by atoms with Crippen LogP contribution >= 0.6 is 0 Å². The average molecular weight is 380 g/mol. The summed E-state index contributed by atoms with van der Waals surface area (Å²) in [6, 6.07) is 3.97. The first-order valence-corrected chi connectivity index (χ1v) is 9.19. The van der Waals surface area contributed by atoms with Gasteiger partial charge < -0.3 is 29.6 Å². The fourth-order valence-corrected chi connectivity index (χ4v) is 3.46. The number of hydrogen-bond acceptors (Lipinski definition) is 5. The van der Waals surface area contributed by atoms with Gasteiger partial charge in [0.1, 0.15) is 0 Å². The van der Waals surface area contributed by atoms with E-state index in [1.807, 2.05) is 19.1 Å². The maximum absolute atomic E-state index is 5.72. The molecule has 0 amide bonds. The van der Waals surface area contributed by atoms with E-state index in [1.165, 1.54) is 0 Å². The molecule has 7 nitrogen and oxygen atoms in total. The number of nitrogens with one attached hydrogen (secondary N) is 2. The molecule has 2 rings (SSSR count). The Morgan fingerprint density at radius 3 is 2.07 bits per heavy atom. The SMILES string of the molecule is CCN=C(Nc1cc(OC)c(OC)c(OC)c1)NC1CC(C)(OC)C1(C)C. The number of nitrogens with zero attached hydrogens (tertiary/aromatic N) is 1. The maximum atomic E-state index is 5.72. The number of aliphatic imine (C=N–C) groups is 1. The molecule has 1 aromatic carbocycles. The van der Waals surface area contributed by atoms with Crippen LogP contribution in [-0.4, -0.2) is 52.6 Å². The minimum atomic E-state index is -0.144. The van der Waals surface area contributed by atoms with E-state index in [0.717, 1.165) is 12.1 Å². The van der Waals surface area contributed by atoms with Crippen molar-refractivity contribution < 1.29 is 18.9 Å². The lowest BCUT2D eigenvalue weighted by Crippen LogP contribution is -2.69. The van der Waals surface area contributed by atoms with Crippen LogP contribution in [0.2, 0.25) is 0 Å². The fourth-order valence-electron chi connectivity index (χ4n) is 3.46. The van der Waals surface area contributed by atoms with Gasteiger partial charge in [0.25, 0.3) is 0 Å². The van der Waals surface area contributed by atoms with E-state index in [1.54, 1.807) is 28.4 Å². The molecule has 0 radical (unpaired) electrons. The molecule has 152 valence electrons. The predicted octanol–water partition coefficient (Wildman–Crippen LogP) is 3.29. The zero-order chi connectivity index (χ0) is 20.2. The second-order valence-electron chi connectivity index (χ2n) is 7.42. The standard InChI is InChI=1S/C20H33N3O4/c1-9-21-18(23-16-12-20(4,27-8)19(16,2)3)22-13-10-14(24-5)17(26-7)15(11-13)25-6/h10-11,16H,9,12H2,1-8H3,(H2,21,22,23). The summed E-state index contributed by atoms with van der Waals surface area (Å²) < 4.78 is 22.0. The second kappa shape index (κ2) is 8.25. The monoisotopic (exact) mass is 379 g/mol. The lowest BCUT2D eigenvalue weighted by molar-refractivity contribution is -0.176. The molecular formula is C20H33N3O4. The summed E-state index contributed by atoms with van der Waals surface area (Å²) in [5.41, 5.74) is 0.637. The summed E-state index contributed by atoms with van der Waals surface area (Å²) >= 11 is 0. The van der Waals surface area contributed by atoms with Crippen molar-refractivity contribution in [2.75, 3.05) is 40.3 Å². The van der Waals surface area contributed by atoms with Gasteiger partial charge in [0.05, 0.1) is 26.9 Å². The van der Waals surface area contributed by atoms with Gasteiger partial charge in [-0.05, 0) is 20.3 Å². The Balaban J connectivity index is 2.22. The van der Waals surface area contributed by atoms with E-state index >= 15 is 0 Å². The molecule has 1 saturated carbocycles. The number of hydrogen-bond donors (Lipinski definition) is 2. The summed E-state index contributed by atoms with van der Waals surface area (Å²) in [5.74, 6) is 2.45. The van der Waals surface area contributed by atoms with E-state index in [2.05, 4.69) is 36.4 Å².